The minimum Gasteiger partial charge on any atom is -0.352 e. The highest BCUT2D eigenvalue weighted by molar-refractivity contribution is 5.95. The Morgan fingerprint density at radius 2 is 1.95 bits per heavy atom. The van der Waals surface area contributed by atoms with Gasteiger partial charge in [0, 0.05) is 19.3 Å². The minimum absolute atomic E-state index is 0.140. The first-order valence-electron chi connectivity index (χ1n) is 7.10. The molecule has 0 atom stereocenters. The molecule has 0 fully saturated rings. The molecule has 0 aliphatic heterocycles. The van der Waals surface area contributed by atoms with E-state index >= 15 is 0 Å². The number of rotatable bonds is 4. The molecule has 0 saturated carbocycles. The summed E-state index contributed by atoms with van der Waals surface area (Å²) in [7, 11) is 1.63. The van der Waals surface area contributed by atoms with E-state index in [4.69, 9.17) is 0 Å². The van der Waals surface area contributed by atoms with Crippen molar-refractivity contribution in [2.45, 2.75) is 20.3 Å². The second-order valence-electron chi connectivity index (χ2n) is 5.31. The summed E-state index contributed by atoms with van der Waals surface area (Å²) in [6.07, 6.45) is 0.379. The van der Waals surface area contributed by atoms with E-state index in [-0.39, 0.29) is 23.5 Å². The SMILES string of the molecule is Cc1cc(C)n(C)c(=O)c1C(=O)NCCc1ccccc1F. The summed E-state index contributed by atoms with van der Waals surface area (Å²) in [5.74, 6) is -0.714. The lowest BCUT2D eigenvalue weighted by Crippen LogP contribution is -2.35. The molecular weight excluding hydrogens is 283 g/mol. The van der Waals surface area contributed by atoms with Gasteiger partial charge in [-0.15, -0.1) is 0 Å². The van der Waals surface area contributed by atoms with Crippen LogP contribution in [0.1, 0.15) is 27.2 Å². The number of hydrogen-bond donors (Lipinski definition) is 1. The molecular formula is C17H19FN2O2. The van der Waals surface area contributed by atoms with Gasteiger partial charge in [-0.3, -0.25) is 9.59 Å². The van der Waals surface area contributed by atoms with Crippen LogP contribution >= 0.6 is 0 Å². The molecule has 2 aromatic rings. The first-order valence-corrected chi connectivity index (χ1v) is 7.10. The number of nitrogens with one attached hydrogen (secondary N) is 1. The van der Waals surface area contributed by atoms with Crippen LogP contribution in [-0.4, -0.2) is 17.0 Å². The van der Waals surface area contributed by atoms with Gasteiger partial charge >= 0.3 is 0 Å². The summed E-state index contributed by atoms with van der Waals surface area (Å²) >= 11 is 0. The molecule has 2 rings (SSSR count). The lowest BCUT2D eigenvalue weighted by molar-refractivity contribution is 0.0951. The smallest absolute Gasteiger partial charge is 0.263 e. The predicted molar refractivity (Wildman–Crippen MR) is 83.6 cm³/mol. The van der Waals surface area contributed by atoms with Gasteiger partial charge in [-0.25, -0.2) is 4.39 Å². The summed E-state index contributed by atoms with van der Waals surface area (Å²) in [6, 6.07) is 8.23. The Kier molecular flexibility index (Phi) is 4.75. The second kappa shape index (κ2) is 6.56. The summed E-state index contributed by atoms with van der Waals surface area (Å²) in [5, 5.41) is 2.68. The number of carbonyl (C=O) groups is 1. The predicted octanol–water partition coefficient (Wildman–Crippen LogP) is 2.11. The van der Waals surface area contributed by atoms with E-state index in [1.165, 1.54) is 10.6 Å². The fourth-order valence-corrected chi connectivity index (χ4v) is 2.36. The molecule has 0 spiro atoms. The maximum Gasteiger partial charge on any atom is 0.263 e. The fraction of sp³-hybridized carbons (Fsp3) is 0.294. The van der Waals surface area contributed by atoms with Crippen LogP contribution in [0.25, 0.3) is 0 Å². The zero-order valence-corrected chi connectivity index (χ0v) is 12.9. The lowest BCUT2D eigenvalue weighted by atomic mass is 10.1. The summed E-state index contributed by atoms with van der Waals surface area (Å²) < 4.78 is 14.9. The quantitative estimate of drug-likeness (QED) is 0.940. The number of aromatic nitrogens is 1. The molecule has 1 N–H and O–H groups in total. The third kappa shape index (κ3) is 3.24. The third-order valence-corrected chi connectivity index (χ3v) is 3.73. The van der Waals surface area contributed by atoms with Gasteiger partial charge in [0.2, 0.25) is 0 Å². The maximum atomic E-state index is 13.5. The highest BCUT2D eigenvalue weighted by Crippen LogP contribution is 2.07. The van der Waals surface area contributed by atoms with Gasteiger partial charge in [-0.2, -0.15) is 0 Å². The fourth-order valence-electron chi connectivity index (χ4n) is 2.36. The molecule has 0 bridgehead atoms. The highest BCUT2D eigenvalue weighted by atomic mass is 19.1. The number of benzene rings is 1. The van der Waals surface area contributed by atoms with Crippen molar-refractivity contribution in [2.75, 3.05) is 6.54 Å². The summed E-state index contributed by atoms with van der Waals surface area (Å²) in [5.41, 5.74) is 1.80. The number of halogens is 1. The number of hydrogen-bond acceptors (Lipinski definition) is 2. The van der Waals surface area contributed by atoms with Gasteiger partial charge in [0.15, 0.2) is 0 Å². The van der Waals surface area contributed by atoms with Crippen LogP contribution in [0.2, 0.25) is 0 Å². The standard InChI is InChI=1S/C17H19FN2O2/c1-11-10-12(2)20(3)17(22)15(11)16(21)19-9-8-13-6-4-5-7-14(13)18/h4-7,10H,8-9H2,1-3H3,(H,19,21). The van der Waals surface area contributed by atoms with Gasteiger partial charge in [-0.05, 0) is 43.5 Å². The molecule has 1 aromatic carbocycles. The minimum atomic E-state index is -0.422. The van der Waals surface area contributed by atoms with E-state index in [1.54, 1.807) is 38.2 Å². The van der Waals surface area contributed by atoms with Gasteiger partial charge in [0.1, 0.15) is 11.4 Å². The Balaban J connectivity index is 2.10. The van der Waals surface area contributed by atoms with E-state index in [2.05, 4.69) is 5.32 Å². The molecule has 1 amide bonds. The van der Waals surface area contributed by atoms with E-state index in [0.717, 1.165) is 5.69 Å². The van der Waals surface area contributed by atoms with Crippen LogP contribution in [0.4, 0.5) is 4.39 Å². The van der Waals surface area contributed by atoms with Crippen molar-refractivity contribution in [1.82, 2.24) is 9.88 Å². The van der Waals surface area contributed by atoms with Crippen LogP contribution in [0, 0.1) is 19.7 Å². The molecule has 1 aromatic heterocycles. The average molecular weight is 302 g/mol. The van der Waals surface area contributed by atoms with Gasteiger partial charge in [0.25, 0.3) is 11.5 Å². The maximum absolute atomic E-state index is 13.5. The molecule has 4 nitrogen and oxygen atoms in total. The molecule has 22 heavy (non-hydrogen) atoms. The van der Waals surface area contributed by atoms with Crippen LogP contribution in [-0.2, 0) is 13.5 Å². The number of amides is 1. The molecule has 5 heteroatoms. The monoisotopic (exact) mass is 302 g/mol. The number of pyridine rings is 1. The van der Waals surface area contributed by atoms with Crippen molar-refractivity contribution in [3.8, 4) is 0 Å². The number of nitrogens with zero attached hydrogens (tertiary/aromatic N) is 1. The van der Waals surface area contributed by atoms with E-state index in [9.17, 15) is 14.0 Å². The molecule has 1 heterocycles. The zero-order chi connectivity index (χ0) is 16.3. The largest absolute Gasteiger partial charge is 0.352 e. The van der Waals surface area contributed by atoms with Gasteiger partial charge < -0.3 is 9.88 Å². The molecule has 116 valence electrons. The van der Waals surface area contributed by atoms with Crippen LogP contribution < -0.4 is 10.9 Å². The van der Waals surface area contributed by atoms with Crippen molar-refractivity contribution >= 4 is 5.91 Å². The van der Waals surface area contributed by atoms with Crippen molar-refractivity contribution in [2.24, 2.45) is 7.05 Å². The first-order chi connectivity index (χ1) is 10.4. The zero-order valence-electron chi connectivity index (χ0n) is 12.9. The van der Waals surface area contributed by atoms with E-state index < -0.39 is 5.91 Å². The highest BCUT2D eigenvalue weighted by Gasteiger charge is 2.15. The molecule has 0 unspecified atom stereocenters. The van der Waals surface area contributed by atoms with Gasteiger partial charge in [0.05, 0.1) is 0 Å². The van der Waals surface area contributed by atoms with Gasteiger partial charge in [-0.1, -0.05) is 18.2 Å². The van der Waals surface area contributed by atoms with Crippen LogP contribution in [0.5, 0.6) is 0 Å². The third-order valence-electron chi connectivity index (χ3n) is 3.73. The molecule has 0 aliphatic carbocycles. The van der Waals surface area contributed by atoms with Crippen molar-refractivity contribution in [3.05, 3.63) is 68.9 Å². The summed E-state index contributed by atoms with van der Waals surface area (Å²) in [6.45, 7) is 3.82. The molecule has 0 radical (unpaired) electrons. The van der Waals surface area contributed by atoms with Crippen molar-refractivity contribution in [1.29, 1.82) is 0 Å². The Hall–Kier alpha value is -2.43. The second-order valence-corrected chi connectivity index (χ2v) is 5.31. The lowest BCUT2D eigenvalue weighted by Gasteiger charge is -2.11. The Labute approximate surface area is 128 Å². The van der Waals surface area contributed by atoms with Crippen LogP contribution in [0.3, 0.4) is 0 Å². The number of carbonyl (C=O) groups excluding carboxylic acids is 1. The first kappa shape index (κ1) is 15.9. The molecule has 0 saturated heterocycles. The van der Waals surface area contributed by atoms with E-state index in [1.807, 2.05) is 6.92 Å². The average Bonchev–Trinajstić information content (AvgIpc) is 2.47. The van der Waals surface area contributed by atoms with Crippen LogP contribution in [0.15, 0.2) is 35.1 Å². The number of aryl methyl sites for hydroxylation is 2. The summed E-state index contributed by atoms with van der Waals surface area (Å²) in [4.78, 5) is 24.4. The van der Waals surface area contributed by atoms with Crippen molar-refractivity contribution < 1.29 is 9.18 Å². The Morgan fingerprint density at radius 1 is 1.27 bits per heavy atom. The molecule has 0 aliphatic rings. The topological polar surface area (TPSA) is 51.1 Å². The Bertz CT molecular complexity index is 766. The Morgan fingerprint density at radius 3 is 2.64 bits per heavy atom. The van der Waals surface area contributed by atoms with Crippen molar-refractivity contribution in [3.63, 3.8) is 0 Å². The van der Waals surface area contributed by atoms with E-state index in [0.29, 0.717) is 17.5 Å². The normalized spacial score (nSPS) is 10.5.